The predicted molar refractivity (Wildman–Crippen MR) is 128 cm³/mol. The van der Waals surface area contributed by atoms with Gasteiger partial charge in [0.05, 0.1) is 6.04 Å². The minimum atomic E-state index is -0.502. The molecule has 2 atom stereocenters. The van der Waals surface area contributed by atoms with Crippen molar-refractivity contribution in [1.82, 2.24) is 15.1 Å². The Labute approximate surface area is 204 Å². The van der Waals surface area contributed by atoms with Crippen LogP contribution in [0.1, 0.15) is 30.4 Å². The molecule has 35 heavy (non-hydrogen) atoms. The van der Waals surface area contributed by atoms with Crippen molar-refractivity contribution >= 4 is 17.7 Å². The van der Waals surface area contributed by atoms with Gasteiger partial charge in [0.15, 0.2) is 0 Å². The van der Waals surface area contributed by atoms with Crippen molar-refractivity contribution in [1.29, 1.82) is 0 Å². The number of piperazine rings is 1. The average Bonchev–Trinajstić information content (AvgIpc) is 2.86. The van der Waals surface area contributed by atoms with Gasteiger partial charge in [-0.1, -0.05) is 24.3 Å². The number of nitrogens with zero attached hydrogens (tertiary/aromatic N) is 2. The minimum Gasteiger partial charge on any atom is -0.370 e. The van der Waals surface area contributed by atoms with Gasteiger partial charge in [0.1, 0.15) is 11.6 Å². The zero-order valence-corrected chi connectivity index (χ0v) is 19.9. The third-order valence-corrected chi connectivity index (χ3v) is 6.43. The molecule has 0 aliphatic carbocycles. The molecule has 1 heterocycles. The molecule has 9 heteroatoms. The Bertz CT molecular complexity index is 1010. The number of carbonyl (C=O) groups excluding carboxylic acids is 3. The van der Waals surface area contributed by atoms with E-state index in [4.69, 9.17) is 5.73 Å². The average molecular weight is 487 g/mol. The van der Waals surface area contributed by atoms with Crippen molar-refractivity contribution < 1.29 is 23.2 Å². The van der Waals surface area contributed by atoms with Gasteiger partial charge in [0, 0.05) is 45.6 Å². The molecule has 0 spiro atoms. The summed E-state index contributed by atoms with van der Waals surface area (Å²) in [7, 11) is 1.57. The molecule has 2 unspecified atom stereocenters. The predicted octanol–water partition coefficient (Wildman–Crippen LogP) is 2.03. The molecule has 1 fully saturated rings. The number of hydrogen-bond donors (Lipinski definition) is 2. The first-order valence-electron chi connectivity index (χ1n) is 11.8. The zero-order chi connectivity index (χ0) is 25.4. The lowest BCUT2D eigenvalue weighted by atomic mass is 9.99. The van der Waals surface area contributed by atoms with E-state index in [0.717, 1.165) is 11.1 Å². The number of carbonyl (C=O) groups is 3. The molecule has 2 aromatic rings. The van der Waals surface area contributed by atoms with Gasteiger partial charge in [-0.3, -0.25) is 19.3 Å². The van der Waals surface area contributed by atoms with E-state index < -0.39 is 11.9 Å². The summed E-state index contributed by atoms with van der Waals surface area (Å²) in [6.07, 6.45) is 1.65. The van der Waals surface area contributed by atoms with Crippen LogP contribution in [0.4, 0.5) is 8.78 Å². The Balaban J connectivity index is 1.71. The lowest BCUT2D eigenvalue weighted by Gasteiger charge is -2.44. The zero-order valence-electron chi connectivity index (χ0n) is 19.9. The second kappa shape index (κ2) is 12.4. The van der Waals surface area contributed by atoms with Gasteiger partial charge in [-0.2, -0.15) is 0 Å². The van der Waals surface area contributed by atoms with Crippen molar-refractivity contribution in [2.75, 3.05) is 26.7 Å². The Kier molecular flexibility index (Phi) is 9.31. The molecule has 0 aromatic heterocycles. The summed E-state index contributed by atoms with van der Waals surface area (Å²) in [5.74, 6) is -1.34. The number of benzene rings is 2. The molecule has 2 aromatic carbocycles. The van der Waals surface area contributed by atoms with Crippen LogP contribution in [-0.4, -0.2) is 66.3 Å². The molecule has 7 nitrogen and oxygen atoms in total. The fraction of sp³-hybridized carbons (Fsp3) is 0.423. The van der Waals surface area contributed by atoms with Crippen molar-refractivity contribution in [3.63, 3.8) is 0 Å². The smallest absolute Gasteiger partial charge is 0.237 e. The number of likely N-dealkylation sites (N-methyl/N-ethyl adjacent to an activating group) is 1. The van der Waals surface area contributed by atoms with E-state index in [9.17, 15) is 23.2 Å². The van der Waals surface area contributed by atoms with Crippen LogP contribution in [0.15, 0.2) is 48.5 Å². The molecule has 1 saturated heterocycles. The highest BCUT2D eigenvalue weighted by Gasteiger charge is 2.35. The largest absolute Gasteiger partial charge is 0.370 e. The van der Waals surface area contributed by atoms with E-state index in [-0.39, 0.29) is 42.3 Å². The van der Waals surface area contributed by atoms with E-state index in [2.05, 4.69) is 5.32 Å². The van der Waals surface area contributed by atoms with Gasteiger partial charge >= 0.3 is 0 Å². The molecule has 1 aliphatic rings. The summed E-state index contributed by atoms with van der Waals surface area (Å²) in [6, 6.07) is 11.3. The van der Waals surface area contributed by atoms with E-state index >= 15 is 0 Å². The van der Waals surface area contributed by atoms with Crippen LogP contribution in [0, 0.1) is 11.6 Å². The second-order valence-corrected chi connectivity index (χ2v) is 8.83. The molecule has 3 rings (SSSR count). The maximum absolute atomic E-state index is 13.3. The van der Waals surface area contributed by atoms with Crippen molar-refractivity contribution in [3.05, 3.63) is 71.3 Å². The molecule has 0 bridgehead atoms. The van der Waals surface area contributed by atoms with Gasteiger partial charge in [0.25, 0.3) is 0 Å². The summed E-state index contributed by atoms with van der Waals surface area (Å²) in [4.78, 5) is 41.1. The van der Waals surface area contributed by atoms with Crippen LogP contribution in [0.2, 0.25) is 0 Å². The fourth-order valence-electron chi connectivity index (χ4n) is 4.49. The van der Waals surface area contributed by atoms with E-state index in [0.29, 0.717) is 38.9 Å². The van der Waals surface area contributed by atoms with Gasteiger partial charge in [-0.25, -0.2) is 8.78 Å². The molecule has 1 aliphatic heterocycles. The summed E-state index contributed by atoms with van der Waals surface area (Å²) < 4.78 is 26.5. The Hall–Kier alpha value is -3.33. The van der Waals surface area contributed by atoms with Crippen molar-refractivity contribution in [2.24, 2.45) is 5.73 Å². The van der Waals surface area contributed by atoms with Crippen LogP contribution in [0.25, 0.3) is 0 Å². The first-order valence-corrected chi connectivity index (χ1v) is 11.8. The Morgan fingerprint density at radius 3 is 2.14 bits per heavy atom. The molecule has 188 valence electrons. The number of nitrogens with one attached hydrogen (secondary N) is 1. The number of primary amides is 1. The quantitative estimate of drug-likeness (QED) is 0.537. The highest BCUT2D eigenvalue weighted by molar-refractivity contribution is 5.82. The molecule has 0 radical (unpaired) electrons. The minimum absolute atomic E-state index is 0.0570. The van der Waals surface area contributed by atoms with Crippen LogP contribution in [0.5, 0.6) is 0 Å². The summed E-state index contributed by atoms with van der Waals surface area (Å²) in [6.45, 7) is 1.30. The number of rotatable bonds is 10. The summed E-state index contributed by atoms with van der Waals surface area (Å²) >= 11 is 0. The first-order chi connectivity index (χ1) is 16.8. The highest BCUT2D eigenvalue weighted by atomic mass is 19.1. The number of aryl methyl sites for hydroxylation is 1. The maximum Gasteiger partial charge on any atom is 0.237 e. The fourth-order valence-corrected chi connectivity index (χ4v) is 4.49. The molecule has 0 saturated carbocycles. The van der Waals surface area contributed by atoms with E-state index in [1.165, 1.54) is 24.3 Å². The van der Waals surface area contributed by atoms with E-state index in [1.54, 1.807) is 36.2 Å². The Morgan fingerprint density at radius 2 is 1.57 bits per heavy atom. The van der Waals surface area contributed by atoms with Crippen molar-refractivity contribution in [2.45, 2.75) is 44.2 Å². The van der Waals surface area contributed by atoms with Crippen LogP contribution in [0.3, 0.4) is 0 Å². The second-order valence-electron chi connectivity index (χ2n) is 8.83. The van der Waals surface area contributed by atoms with Crippen LogP contribution < -0.4 is 11.1 Å². The highest BCUT2D eigenvalue weighted by Crippen LogP contribution is 2.21. The van der Waals surface area contributed by atoms with Gasteiger partial charge in [-0.15, -0.1) is 0 Å². The van der Waals surface area contributed by atoms with E-state index in [1.807, 2.05) is 4.90 Å². The lowest BCUT2D eigenvalue weighted by Crippen LogP contribution is -2.60. The topological polar surface area (TPSA) is 95.7 Å². The molecular formula is C26H32F2N4O3. The van der Waals surface area contributed by atoms with Crippen LogP contribution >= 0.6 is 0 Å². The normalized spacial score (nSPS) is 17.1. The third-order valence-electron chi connectivity index (χ3n) is 6.43. The first kappa shape index (κ1) is 26.3. The molecular weight excluding hydrogens is 454 g/mol. The third kappa shape index (κ3) is 7.58. The number of amides is 3. The maximum atomic E-state index is 13.3. The lowest BCUT2D eigenvalue weighted by molar-refractivity contribution is -0.138. The summed E-state index contributed by atoms with van der Waals surface area (Å²) in [5, 5.41) is 2.70. The van der Waals surface area contributed by atoms with Crippen molar-refractivity contribution in [3.8, 4) is 0 Å². The molecule has 3 N–H and O–H groups in total. The monoisotopic (exact) mass is 486 g/mol. The number of hydrogen-bond acceptors (Lipinski definition) is 4. The Morgan fingerprint density at radius 1 is 0.971 bits per heavy atom. The van der Waals surface area contributed by atoms with Gasteiger partial charge in [-0.05, 0) is 54.7 Å². The SMILES string of the molecule is CNC(=O)C(Cc1ccc(F)cc1)N1CCN(C(=O)CCc2ccc(F)cc2)C(CCC(N)=O)C1. The van der Waals surface area contributed by atoms with Gasteiger partial charge < -0.3 is 16.0 Å². The summed E-state index contributed by atoms with van der Waals surface area (Å²) in [5.41, 5.74) is 7.07. The van der Waals surface area contributed by atoms with Crippen LogP contribution in [-0.2, 0) is 27.2 Å². The number of nitrogens with two attached hydrogens (primary N) is 1. The standard InChI is InChI=1S/C26H32F2N4O3/c1-30-26(35)23(16-19-4-9-21(28)10-5-19)31-14-15-32(22(17-31)11-12-24(29)33)25(34)13-6-18-2-7-20(27)8-3-18/h2-5,7-10,22-23H,6,11-17H2,1H3,(H2,29,33)(H,30,35). The van der Waals surface area contributed by atoms with Gasteiger partial charge in [0.2, 0.25) is 17.7 Å². The number of halogens is 2. The molecule has 3 amide bonds.